The van der Waals surface area contributed by atoms with Crippen molar-refractivity contribution < 1.29 is 5.11 Å². The molecule has 2 heterocycles. The van der Waals surface area contributed by atoms with Crippen LogP contribution in [0.25, 0.3) is 11.0 Å². The van der Waals surface area contributed by atoms with E-state index in [4.69, 9.17) is 0 Å². The summed E-state index contributed by atoms with van der Waals surface area (Å²) in [4.78, 5) is 4.33. The highest BCUT2D eigenvalue weighted by molar-refractivity contribution is 5.80. The average molecular weight is 204 g/mol. The van der Waals surface area contributed by atoms with Crippen LogP contribution in [0.2, 0.25) is 0 Å². The molecule has 2 aromatic rings. The summed E-state index contributed by atoms with van der Waals surface area (Å²) in [6, 6.07) is 4.04. The monoisotopic (exact) mass is 204 g/mol. The number of fused-ring (bicyclic) bond motifs is 1. The lowest BCUT2D eigenvalue weighted by atomic mass is 10.1. The number of nitrogens with zero attached hydrogens (tertiary/aromatic N) is 2. The summed E-state index contributed by atoms with van der Waals surface area (Å²) in [5, 5.41) is 10.5. The van der Waals surface area contributed by atoms with Crippen LogP contribution in [0.4, 0.5) is 0 Å². The van der Waals surface area contributed by atoms with Crippen LogP contribution >= 0.6 is 0 Å². The van der Waals surface area contributed by atoms with Crippen LogP contribution in [0.3, 0.4) is 0 Å². The number of aliphatic hydroxyl groups excluding tert-OH is 1. The Morgan fingerprint density at radius 1 is 1.53 bits per heavy atom. The second kappa shape index (κ2) is 4.03. The first-order valence-electron chi connectivity index (χ1n) is 5.25. The second-order valence-electron chi connectivity index (χ2n) is 4.03. The number of hydrogen-bond acceptors (Lipinski definition) is 2. The third kappa shape index (κ3) is 2.02. The van der Waals surface area contributed by atoms with Crippen molar-refractivity contribution in [2.45, 2.75) is 25.9 Å². The molecule has 0 fully saturated rings. The van der Waals surface area contributed by atoms with Crippen LogP contribution in [0.1, 0.15) is 18.9 Å². The molecule has 15 heavy (non-hydrogen) atoms. The Morgan fingerprint density at radius 3 is 3.07 bits per heavy atom. The van der Waals surface area contributed by atoms with Gasteiger partial charge in [0, 0.05) is 24.8 Å². The van der Waals surface area contributed by atoms with Crippen molar-refractivity contribution in [1.82, 2.24) is 9.55 Å². The van der Waals surface area contributed by atoms with Gasteiger partial charge in [-0.2, -0.15) is 0 Å². The van der Waals surface area contributed by atoms with Crippen molar-refractivity contribution in [3.63, 3.8) is 0 Å². The number of aryl methyl sites for hydroxylation is 2. The van der Waals surface area contributed by atoms with Crippen LogP contribution in [0, 0.1) is 0 Å². The van der Waals surface area contributed by atoms with Crippen molar-refractivity contribution in [2.24, 2.45) is 7.05 Å². The zero-order chi connectivity index (χ0) is 10.8. The summed E-state index contributed by atoms with van der Waals surface area (Å²) >= 11 is 0. The molecule has 1 N–H and O–H groups in total. The molecule has 1 atom stereocenters. The third-order valence-electron chi connectivity index (χ3n) is 2.65. The van der Waals surface area contributed by atoms with E-state index >= 15 is 0 Å². The van der Waals surface area contributed by atoms with Gasteiger partial charge in [0.1, 0.15) is 5.65 Å². The summed E-state index contributed by atoms with van der Waals surface area (Å²) in [5.74, 6) is 0. The van der Waals surface area contributed by atoms with Gasteiger partial charge in [-0.3, -0.25) is 0 Å². The van der Waals surface area contributed by atoms with E-state index in [-0.39, 0.29) is 6.10 Å². The van der Waals surface area contributed by atoms with Gasteiger partial charge in [0.05, 0.1) is 6.10 Å². The molecule has 3 nitrogen and oxygen atoms in total. The fourth-order valence-corrected chi connectivity index (χ4v) is 1.86. The normalized spacial score (nSPS) is 13.3. The van der Waals surface area contributed by atoms with Crippen LogP contribution < -0.4 is 0 Å². The van der Waals surface area contributed by atoms with E-state index in [9.17, 15) is 5.11 Å². The highest BCUT2D eigenvalue weighted by Gasteiger charge is 2.07. The molecule has 0 saturated heterocycles. The molecule has 0 aliphatic rings. The third-order valence-corrected chi connectivity index (χ3v) is 2.65. The van der Waals surface area contributed by atoms with Crippen molar-refractivity contribution in [2.75, 3.05) is 0 Å². The van der Waals surface area contributed by atoms with Crippen LogP contribution in [0.15, 0.2) is 24.5 Å². The van der Waals surface area contributed by atoms with Gasteiger partial charge in [-0.25, -0.2) is 4.98 Å². The maximum absolute atomic E-state index is 9.27. The van der Waals surface area contributed by atoms with Crippen LogP contribution in [-0.2, 0) is 13.5 Å². The number of hydrogen-bond donors (Lipinski definition) is 1. The van der Waals surface area contributed by atoms with Gasteiger partial charge in [-0.05, 0) is 37.5 Å². The van der Waals surface area contributed by atoms with Crippen molar-refractivity contribution in [3.8, 4) is 0 Å². The number of pyridine rings is 1. The molecule has 0 saturated carbocycles. The minimum Gasteiger partial charge on any atom is -0.393 e. The number of aromatic nitrogens is 2. The Labute approximate surface area is 89.4 Å². The molecule has 0 radical (unpaired) electrons. The molecular formula is C12H16N2O. The van der Waals surface area contributed by atoms with Crippen LogP contribution in [0.5, 0.6) is 0 Å². The first kappa shape index (κ1) is 10.2. The van der Waals surface area contributed by atoms with E-state index in [1.807, 2.05) is 24.6 Å². The minimum atomic E-state index is -0.239. The highest BCUT2D eigenvalue weighted by atomic mass is 16.3. The molecule has 80 valence electrons. The van der Waals surface area contributed by atoms with E-state index in [0.717, 1.165) is 18.5 Å². The van der Waals surface area contributed by atoms with Gasteiger partial charge < -0.3 is 9.67 Å². The standard InChI is InChI=1S/C12H16N2O/c1-9(15)5-6-10-8-14(2)12-11(10)4-3-7-13-12/h3-4,7-9,15H,5-6H2,1-2H3/t9-/m1/s1. The Kier molecular flexibility index (Phi) is 2.73. The summed E-state index contributed by atoms with van der Waals surface area (Å²) in [6.45, 7) is 1.82. The first-order chi connectivity index (χ1) is 7.18. The molecule has 0 aromatic carbocycles. The molecule has 0 unspecified atom stereocenters. The molecule has 0 aliphatic heterocycles. The van der Waals surface area contributed by atoms with Crippen LogP contribution in [-0.4, -0.2) is 20.8 Å². The average Bonchev–Trinajstić information content (AvgIpc) is 2.54. The lowest BCUT2D eigenvalue weighted by Crippen LogP contribution is -2.00. The molecule has 0 amide bonds. The predicted molar refractivity (Wildman–Crippen MR) is 60.7 cm³/mol. The zero-order valence-corrected chi connectivity index (χ0v) is 9.14. The highest BCUT2D eigenvalue weighted by Crippen LogP contribution is 2.19. The Balaban J connectivity index is 2.35. The fraction of sp³-hybridized carbons (Fsp3) is 0.417. The van der Waals surface area contributed by atoms with Gasteiger partial charge in [0.15, 0.2) is 0 Å². The Bertz CT molecular complexity index is 460. The molecule has 0 bridgehead atoms. The SMILES string of the molecule is C[C@@H](O)CCc1cn(C)c2ncccc12. The molecule has 2 aromatic heterocycles. The summed E-state index contributed by atoms with van der Waals surface area (Å²) in [5.41, 5.74) is 2.28. The zero-order valence-electron chi connectivity index (χ0n) is 9.14. The minimum absolute atomic E-state index is 0.239. The lowest BCUT2D eigenvalue weighted by molar-refractivity contribution is 0.185. The Morgan fingerprint density at radius 2 is 2.33 bits per heavy atom. The quantitative estimate of drug-likeness (QED) is 0.829. The summed E-state index contributed by atoms with van der Waals surface area (Å²) in [7, 11) is 2.00. The van der Waals surface area contributed by atoms with Gasteiger partial charge in [0.25, 0.3) is 0 Å². The van der Waals surface area contributed by atoms with Gasteiger partial charge >= 0.3 is 0 Å². The largest absolute Gasteiger partial charge is 0.393 e. The maximum Gasteiger partial charge on any atom is 0.139 e. The maximum atomic E-state index is 9.27. The number of rotatable bonds is 3. The topological polar surface area (TPSA) is 38.0 Å². The van der Waals surface area contributed by atoms with Gasteiger partial charge in [0.2, 0.25) is 0 Å². The van der Waals surface area contributed by atoms with Crippen molar-refractivity contribution >= 4 is 11.0 Å². The first-order valence-corrected chi connectivity index (χ1v) is 5.25. The smallest absolute Gasteiger partial charge is 0.139 e. The molecule has 2 rings (SSSR count). The van der Waals surface area contributed by atoms with Gasteiger partial charge in [-0.15, -0.1) is 0 Å². The fourth-order valence-electron chi connectivity index (χ4n) is 1.86. The Hall–Kier alpha value is -1.35. The predicted octanol–water partition coefficient (Wildman–Crippen LogP) is 1.89. The summed E-state index contributed by atoms with van der Waals surface area (Å²) < 4.78 is 2.03. The van der Waals surface area contributed by atoms with E-state index in [1.165, 1.54) is 10.9 Å². The van der Waals surface area contributed by atoms with Gasteiger partial charge in [-0.1, -0.05) is 0 Å². The molecule has 0 aliphatic carbocycles. The van der Waals surface area contributed by atoms with Crippen molar-refractivity contribution in [3.05, 3.63) is 30.1 Å². The van der Waals surface area contributed by atoms with E-state index in [1.54, 1.807) is 6.20 Å². The molecule has 0 spiro atoms. The van der Waals surface area contributed by atoms with E-state index < -0.39 is 0 Å². The summed E-state index contributed by atoms with van der Waals surface area (Å²) in [6.07, 6.45) is 5.37. The number of aliphatic hydroxyl groups is 1. The lowest BCUT2D eigenvalue weighted by Gasteiger charge is -2.01. The van der Waals surface area contributed by atoms with Crippen molar-refractivity contribution in [1.29, 1.82) is 0 Å². The molecular weight excluding hydrogens is 188 g/mol. The molecule has 3 heteroatoms. The van der Waals surface area contributed by atoms with E-state index in [0.29, 0.717) is 0 Å². The van der Waals surface area contributed by atoms with E-state index in [2.05, 4.69) is 17.2 Å². The second-order valence-corrected chi connectivity index (χ2v) is 4.03.